The van der Waals surface area contributed by atoms with Crippen molar-refractivity contribution in [3.63, 3.8) is 0 Å². The molecule has 2 saturated heterocycles. The van der Waals surface area contributed by atoms with Gasteiger partial charge in [0.15, 0.2) is 5.66 Å². The van der Waals surface area contributed by atoms with Gasteiger partial charge in [-0.3, -0.25) is 20.3 Å². The maximum absolute atomic E-state index is 15.1. The van der Waals surface area contributed by atoms with Crippen molar-refractivity contribution in [1.82, 2.24) is 20.4 Å². The highest BCUT2D eigenvalue weighted by Crippen LogP contribution is 2.45. The first-order chi connectivity index (χ1) is 22.8. The molecular weight excluding hydrogens is 621 g/mol. The van der Waals surface area contributed by atoms with Crippen molar-refractivity contribution in [2.45, 2.75) is 50.9 Å². The zero-order valence-corrected chi connectivity index (χ0v) is 29.4. The number of carbonyl (C=O) groups is 1. The normalized spacial score (nSPS) is 21.8. The van der Waals surface area contributed by atoms with Crippen LogP contribution in [0, 0.1) is 24.7 Å². The van der Waals surface area contributed by atoms with Gasteiger partial charge in [-0.05, 0) is 59.4 Å². The van der Waals surface area contributed by atoms with Crippen molar-refractivity contribution in [3.8, 4) is 30.4 Å². The molecule has 48 heavy (non-hydrogen) atoms. The summed E-state index contributed by atoms with van der Waals surface area (Å²) in [6.45, 7) is 11.3. The first-order valence-corrected chi connectivity index (χ1v) is 18.5. The lowest BCUT2D eigenvalue weighted by Crippen LogP contribution is -2.62. The zero-order chi connectivity index (χ0) is 34.7. The summed E-state index contributed by atoms with van der Waals surface area (Å²) in [7, 11) is -3.09. The molecule has 2 fully saturated rings. The minimum Gasteiger partial charge on any atom is -0.493 e. The fraction of sp³-hybridized carbons (Fsp3) is 0.410. The van der Waals surface area contributed by atoms with E-state index >= 15 is 4.79 Å². The average molecular weight is 667 g/mol. The number of carbonyl (C=O) groups excluding carboxylic acids is 1. The van der Waals surface area contributed by atoms with Gasteiger partial charge in [0, 0.05) is 55.7 Å². The standard InChI is InChI=1S/C39H46N4O4S/c1-8-28-11-15-30(16-12-28)35-36(31-17-13-29(9-2)14-18-31)41-39(40-35,33-20-19-32(38(4,5)6)27-34(33)47-10-3)37(44)43-23-21-42(22-24-43)25-26-48(7,45)46/h1-2,11-20,27,35-36,40-41H,10,21-26H2,3-7H3/t35-,36+,39?. The smallest absolute Gasteiger partial charge is 0.262 e. The molecule has 0 spiro atoms. The highest BCUT2D eigenvalue weighted by atomic mass is 32.2. The predicted molar refractivity (Wildman–Crippen MR) is 191 cm³/mol. The fourth-order valence-electron chi connectivity index (χ4n) is 6.47. The first kappa shape index (κ1) is 35.2. The summed E-state index contributed by atoms with van der Waals surface area (Å²) in [4.78, 5) is 19.1. The number of amides is 1. The van der Waals surface area contributed by atoms with Gasteiger partial charge >= 0.3 is 0 Å². The number of rotatable bonds is 9. The summed E-state index contributed by atoms with van der Waals surface area (Å²) in [5.41, 5.74) is 3.78. The third-order valence-electron chi connectivity index (χ3n) is 9.26. The van der Waals surface area contributed by atoms with Crippen LogP contribution in [0.25, 0.3) is 0 Å². The summed E-state index contributed by atoms with van der Waals surface area (Å²) >= 11 is 0. The molecule has 0 aromatic heterocycles. The third kappa shape index (κ3) is 7.61. The molecule has 2 N–H and O–H groups in total. The van der Waals surface area contributed by atoms with Gasteiger partial charge in [0.1, 0.15) is 15.6 Å². The monoisotopic (exact) mass is 666 g/mol. The quantitative estimate of drug-likeness (QED) is 0.328. The maximum Gasteiger partial charge on any atom is 0.262 e. The van der Waals surface area contributed by atoms with Crippen LogP contribution in [0.15, 0.2) is 66.7 Å². The van der Waals surface area contributed by atoms with Crippen molar-refractivity contribution in [2.75, 3.05) is 51.3 Å². The van der Waals surface area contributed by atoms with Crippen molar-refractivity contribution < 1.29 is 17.9 Å². The number of terminal acetylenes is 2. The van der Waals surface area contributed by atoms with Crippen molar-refractivity contribution in [2.24, 2.45) is 0 Å². The molecule has 1 unspecified atom stereocenters. The van der Waals surface area contributed by atoms with E-state index in [2.05, 4.69) is 54.2 Å². The summed E-state index contributed by atoms with van der Waals surface area (Å²) < 4.78 is 29.9. The molecule has 3 aromatic rings. The Bertz CT molecular complexity index is 1740. The number of nitrogens with zero attached hydrogens (tertiary/aromatic N) is 2. The Morgan fingerprint density at radius 3 is 1.85 bits per heavy atom. The highest BCUT2D eigenvalue weighted by Gasteiger charge is 2.54. The minimum atomic E-state index is -3.09. The zero-order valence-electron chi connectivity index (χ0n) is 28.5. The largest absolute Gasteiger partial charge is 0.493 e. The van der Waals surface area contributed by atoms with E-state index in [0.717, 1.165) is 27.8 Å². The molecule has 5 rings (SSSR count). The SMILES string of the molecule is C#Cc1ccc([C@H]2NC(C(=O)N3CCN(CCS(C)(=O)=O)CC3)(c3ccc(C(C)(C)C)cc3OCC)N[C@H]2c2ccc(C#C)cc2)cc1. The first-order valence-electron chi connectivity index (χ1n) is 16.4. The predicted octanol–water partition coefficient (Wildman–Crippen LogP) is 4.36. The van der Waals surface area contributed by atoms with Crippen molar-refractivity contribution in [1.29, 1.82) is 0 Å². The second-order valence-corrected chi connectivity index (χ2v) is 15.9. The van der Waals surface area contributed by atoms with E-state index in [1.807, 2.05) is 72.5 Å². The number of hydrogen-bond donors (Lipinski definition) is 2. The summed E-state index contributed by atoms with van der Waals surface area (Å²) in [5, 5.41) is 7.59. The molecule has 2 heterocycles. The van der Waals surface area contributed by atoms with Crippen molar-refractivity contribution in [3.05, 3.63) is 100 Å². The van der Waals surface area contributed by atoms with Gasteiger partial charge in [0.05, 0.1) is 24.4 Å². The van der Waals surface area contributed by atoms with E-state index in [4.69, 9.17) is 17.6 Å². The van der Waals surface area contributed by atoms with Gasteiger partial charge in [-0.15, -0.1) is 12.8 Å². The molecule has 3 aromatic carbocycles. The molecule has 2 aliphatic rings. The lowest BCUT2D eigenvalue weighted by Gasteiger charge is -2.41. The number of piperazine rings is 1. The third-order valence-corrected chi connectivity index (χ3v) is 10.2. The van der Waals surface area contributed by atoms with Crippen LogP contribution in [0.3, 0.4) is 0 Å². The Morgan fingerprint density at radius 2 is 1.42 bits per heavy atom. The summed E-state index contributed by atoms with van der Waals surface area (Å²) in [5.74, 6) is 5.99. The lowest BCUT2D eigenvalue weighted by atomic mass is 9.84. The van der Waals surface area contributed by atoms with Crippen LogP contribution >= 0.6 is 0 Å². The van der Waals surface area contributed by atoms with E-state index in [1.54, 1.807) is 0 Å². The fourth-order valence-corrected chi connectivity index (χ4v) is 7.06. The van der Waals surface area contributed by atoms with Crippen LogP contribution in [0.4, 0.5) is 0 Å². The van der Waals surface area contributed by atoms with E-state index in [0.29, 0.717) is 50.6 Å². The van der Waals surface area contributed by atoms with Gasteiger partial charge < -0.3 is 9.64 Å². The summed E-state index contributed by atoms with van der Waals surface area (Å²) in [6.07, 6.45) is 12.6. The van der Waals surface area contributed by atoms with Crippen LogP contribution in [-0.4, -0.2) is 75.5 Å². The molecular formula is C39H46N4O4S. The van der Waals surface area contributed by atoms with Crippen LogP contribution in [0.2, 0.25) is 0 Å². The van der Waals surface area contributed by atoms with E-state index in [1.165, 1.54) is 6.26 Å². The van der Waals surface area contributed by atoms with Gasteiger partial charge in [-0.25, -0.2) is 8.42 Å². The molecule has 0 saturated carbocycles. The van der Waals surface area contributed by atoms with Crippen LogP contribution < -0.4 is 15.4 Å². The van der Waals surface area contributed by atoms with E-state index in [9.17, 15) is 8.42 Å². The number of benzene rings is 3. The van der Waals surface area contributed by atoms with E-state index in [-0.39, 0.29) is 29.2 Å². The number of nitrogens with one attached hydrogen (secondary N) is 2. The maximum atomic E-state index is 15.1. The Hall–Kier alpha value is -4.12. The molecule has 252 valence electrons. The van der Waals surface area contributed by atoms with Crippen LogP contribution in [0.5, 0.6) is 5.75 Å². The lowest BCUT2D eigenvalue weighted by molar-refractivity contribution is -0.141. The number of hydrogen-bond acceptors (Lipinski definition) is 7. The molecule has 0 radical (unpaired) electrons. The Balaban J connectivity index is 1.62. The molecule has 9 heteroatoms. The Morgan fingerprint density at radius 1 is 0.896 bits per heavy atom. The molecule has 0 bridgehead atoms. The van der Waals surface area contributed by atoms with Crippen LogP contribution in [0.1, 0.15) is 73.2 Å². The van der Waals surface area contributed by atoms with Gasteiger partial charge in [0.25, 0.3) is 5.91 Å². The molecule has 0 aliphatic carbocycles. The van der Waals surface area contributed by atoms with E-state index < -0.39 is 15.5 Å². The number of sulfone groups is 1. The Labute approximate surface area is 286 Å². The molecule has 2 aliphatic heterocycles. The van der Waals surface area contributed by atoms with Gasteiger partial charge in [0.2, 0.25) is 0 Å². The highest BCUT2D eigenvalue weighted by molar-refractivity contribution is 7.90. The Kier molecular flexibility index (Phi) is 10.4. The molecule has 8 nitrogen and oxygen atoms in total. The van der Waals surface area contributed by atoms with Gasteiger partial charge in [-0.1, -0.05) is 69.0 Å². The van der Waals surface area contributed by atoms with Gasteiger partial charge in [-0.2, -0.15) is 0 Å². The molecule has 1 amide bonds. The molecule has 3 atom stereocenters. The average Bonchev–Trinajstić information content (AvgIpc) is 3.48. The van der Waals surface area contributed by atoms with Crippen LogP contribution in [-0.2, 0) is 25.7 Å². The second-order valence-electron chi connectivity index (χ2n) is 13.7. The second kappa shape index (κ2) is 14.2. The summed E-state index contributed by atoms with van der Waals surface area (Å²) in [6, 6.07) is 21.1. The van der Waals surface area contributed by atoms with Crippen molar-refractivity contribution >= 4 is 15.7 Å². The minimum absolute atomic E-state index is 0.0894. The topological polar surface area (TPSA) is 91.0 Å². The number of ether oxygens (including phenoxy) is 1.